The highest BCUT2D eigenvalue weighted by atomic mass is 19.2. The van der Waals surface area contributed by atoms with Gasteiger partial charge in [0.15, 0.2) is 11.6 Å². The molecule has 4 rings (SSSR count). The molecule has 0 unspecified atom stereocenters. The normalized spacial score (nSPS) is 25.1. The van der Waals surface area contributed by atoms with Gasteiger partial charge in [-0.05, 0) is 123 Å². The quantitative estimate of drug-likeness (QED) is 0.215. The number of halogens is 2. The average Bonchev–Trinajstić information content (AvgIpc) is 2.91. The number of fused-ring (bicyclic) bond motifs is 1. The number of unbranched alkanes of at least 4 members (excludes halogenated alkanes) is 3. The van der Waals surface area contributed by atoms with E-state index in [4.69, 9.17) is 0 Å². The molecule has 0 aliphatic heterocycles. The molecular weight excluding hydrogens is 446 g/mol. The third-order valence-corrected chi connectivity index (χ3v) is 9.21. The van der Waals surface area contributed by atoms with E-state index in [0.29, 0.717) is 10.9 Å². The Kier molecular flexibility index (Phi) is 10.4. The summed E-state index contributed by atoms with van der Waals surface area (Å²) < 4.78 is 30.3. The summed E-state index contributed by atoms with van der Waals surface area (Å²) in [6, 6.07) is 7.93. The van der Waals surface area contributed by atoms with Gasteiger partial charge in [0.25, 0.3) is 0 Å². The van der Waals surface area contributed by atoms with Gasteiger partial charge in [-0.25, -0.2) is 8.78 Å². The summed E-state index contributed by atoms with van der Waals surface area (Å²) in [7, 11) is 0. The Morgan fingerprint density at radius 1 is 0.778 bits per heavy atom. The topological polar surface area (TPSA) is 0 Å². The molecule has 0 nitrogen and oxygen atoms in total. The van der Waals surface area contributed by atoms with E-state index in [1.165, 1.54) is 64.2 Å². The van der Waals surface area contributed by atoms with Gasteiger partial charge in [0.05, 0.1) is 0 Å². The second-order valence-electron chi connectivity index (χ2n) is 11.9. The summed E-state index contributed by atoms with van der Waals surface area (Å²) >= 11 is 0. The van der Waals surface area contributed by atoms with Crippen molar-refractivity contribution in [2.75, 3.05) is 0 Å². The summed E-state index contributed by atoms with van der Waals surface area (Å²) in [4.78, 5) is 0. The molecule has 2 fully saturated rings. The molecule has 0 bridgehead atoms. The van der Waals surface area contributed by atoms with Crippen molar-refractivity contribution in [1.82, 2.24) is 0 Å². The second kappa shape index (κ2) is 13.7. The third-order valence-electron chi connectivity index (χ3n) is 9.21. The van der Waals surface area contributed by atoms with Crippen molar-refractivity contribution in [1.29, 1.82) is 0 Å². The number of hydrogen-bond donors (Lipinski definition) is 0. The molecule has 198 valence electrons. The van der Waals surface area contributed by atoms with Gasteiger partial charge in [-0.1, -0.05) is 70.2 Å². The lowest BCUT2D eigenvalue weighted by atomic mass is 9.74. The smallest absolute Gasteiger partial charge is 0.166 e. The Labute approximate surface area is 219 Å². The summed E-state index contributed by atoms with van der Waals surface area (Å²) in [5.41, 5.74) is 1.73. The largest absolute Gasteiger partial charge is 0.203 e. The summed E-state index contributed by atoms with van der Waals surface area (Å²) in [6.07, 6.45) is 24.2. The van der Waals surface area contributed by atoms with E-state index in [9.17, 15) is 0 Å². The molecule has 2 saturated carbocycles. The predicted molar refractivity (Wildman–Crippen MR) is 151 cm³/mol. The summed E-state index contributed by atoms with van der Waals surface area (Å²) in [5, 5.41) is 1.31. The van der Waals surface area contributed by atoms with E-state index in [1.54, 1.807) is 0 Å². The van der Waals surface area contributed by atoms with Crippen LogP contribution in [-0.2, 0) is 6.42 Å². The lowest BCUT2D eigenvalue weighted by molar-refractivity contribution is 0.245. The van der Waals surface area contributed by atoms with Crippen molar-refractivity contribution in [3.8, 4) is 0 Å². The first-order chi connectivity index (χ1) is 17.6. The Bertz CT molecular complexity index is 974. The van der Waals surface area contributed by atoms with Gasteiger partial charge in [-0.2, -0.15) is 0 Å². The number of hydrogen-bond acceptors (Lipinski definition) is 0. The lowest BCUT2D eigenvalue weighted by Gasteiger charge is -2.32. The maximum absolute atomic E-state index is 15.2. The van der Waals surface area contributed by atoms with Crippen LogP contribution in [-0.4, -0.2) is 0 Å². The van der Waals surface area contributed by atoms with Crippen LogP contribution < -0.4 is 0 Å². The van der Waals surface area contributed by atoms with Gasteiger partial charge >= 0.3 is 0 Å². The molecule has 0 radical (unpaired) electrons. The summed E-state index contributed by atoms with van der Waals surface area (Å²) in [6.45, 7) is 4.43. The lowest BCUT2D eigenvalue weighted by Crippen LogP contribution is -2.18. The highest BCUT2D eigenvalue weighted by Crippen LogP contribution is 2.42. The van der Waals surface area contributed by atoms with Gasteiger partial charge in [-0.15, -0.1) is 0 Å². The fourth-order valence-corrected chi connectivity index (χ4v) is 6.79. The molecule has 2 aliphatic rings. The minimum Gasteiger partial charge on any atom is -0.203 e. The van der Waals surface area contributed by atoms with Gasteiger partial charge in [0, 0.05) is 5.39 Å². The fraction of sp³-hybridized carbons (Fsp3) is 0.647. The summed E-state index contributed by atoms with van der Waals surface area (Å²) in [5.74, 6) is 1.41. The molecule has 2 aromatic carbocycles. The number of aryl methyl sites for hydroxylation is 1. The maximum Gasteiger partial charge on any atom is 0.166 e. The predicted octanol–water partition coefficient (Wildman–Crippen LogP) is 11.1. The van der Waals surface area contributed by atoms with Crippen molar-refractivity contribution < 1.29 is 8.78 Å². The Hall–Kier alpha value is -1.70. The Balaban J connectivity index is 1.27. The van der Waals surface area contributed by atoms with Crippen LogP contribution >= 0.6 is 0 Å². The first kappa shape index (κ1) is 27.3. The standard InChI is InChI=1S/C34H48F2/c1-3-5-7-9-25-11-13-26(14-12-25)15-16-27-17-20-29(21-18-27)32-24-30-22-19-28(10-8-6-4-2)23-31(30)33(35)34(32)36/h7,9,19,22-27,29H,3-6,8,10-18,20-21H2,1-2H3/b9-7+. The molecule has 0 atom stereocenters. The number of rotatable bonds is 11. The van der Waals surface area contributed by atoms with E-state index in [-0.39, 0.29) is 5.92 Å². The van der Waals surface area contributed by atoms with Crippen LogP contribution in [0.3, 0.4) is 0 Å². The van der Waals surface area contributed by atoms with Gasteiger partial charge in [0.2, 0.25) is 0 Å². The number of allylic oxidation sites excluding steroid dienone is 2. The molecule has 0 amide bonds. The van der Waals surface area contributed by atoms with Gasteiger partial charge < -0.3 is 0 Å². The molecule has 2 heteroatoms. The molecule has 2 aromatic rings. The SMILES string of the molecule is CCC/C=C/C1CCC(CCC2CCC(c3cc4ccc(CCCCC)cc4c(F)c3F)CC2)CC1. The van der Waals surface area contributed by atoms with Crippen LogP contribution in [0, 0.1) is 29.4 Å². The molecule has 0 saturated heterocycles. The molecule has 2 aliphatic carbocycles. The molecular formula is C34H48F2. The van der Waals surface area contributed by atoms with Crippen molar-refractivity contribution in [2.45, 2.75) is 122 Å². The molecule has 0 aromatic heterocycles. The molecule has 0 spiro atoms. The third kappa shape index (κ3) is 7.20. The van der Waals surface area contributed by atoms with E-state index in [0.717, 1.165) is 67.2 Å². The van der Waals surface area contributed by atoms with Crippen molar-refractivity contribution >= 4 is 10.8 Å². The zero-order chi connectivity index (χ0) is 25.3. The molecule has 0 N–H and O–H groups in total. The first-order valence-electron chi connectivity index (χ1n) is 15.2. The van der Waals surface area contributed by atoms with Crippen LogP contribution in [0.25, 0.3) is 10.8 Å². The highest BCUT2D eigenvalue weighted by Gasteiger charge is 2.28. The zero-order valence-electron chi connectivity index (χ0n) is 22.8. The van der Waals surface area contributed by atoms with E-state index in [1.807, 2.05) is 18.2 Å². The first-order valence-corrected chi connectivity index (χ1v) is 15.2. The highest BCUT2D eigenvalue weighted by molar-refractivity contribution is 5.85. The zero-order valence-corrected chi connectivity index (χ0v) is 22.8. The average molecular weight is 495 g/mol. The second-order valence-corrected chi connectivity index (χ2v) is 11.9. The minimum atomic E-state index is -0.637. The van der Waals surface area contributed by atoms with Crippen LogP contribution in [0.1, 0.15) is 127 Å². The van der Waals surface area contributed by atoms with Crippen molar-refractivity contribution in [3.05, 3.63) is 59.2 Å². The van der Waals surface area contributed by atoms with Gasteiger partial charge in [-0.3, -0.25) is 0 Å². The van der Waals surface area contributed by atoms with Crippen molar-refractivity contribution in [3.63, 3.8) is 0 Å². The maximum atomic E-state index is 15.2. The van der Waals surface area contributed by atoms with Crippen molar-refractivity contribution in [2.24, 2.45) is 17.8 Å². The van der Waals surface area contributed by atoms with E-state index in [2.05, 4.69) is 32.1 Å². The van der Waals surface area contributed by atoms with Gasteiger partial charge in [0.1, 0.15) is 0 Å². The van der Waals surface area contributed by atoms with Crippen LogP contribution in [0.15, 0.2) is 36.4 Å². The molecule has 36 heavy (non-hydrogen) atoms. The fourth-order valence-electron chi connectivity index (χ4n) is 6.79. The Morgan fingerprint density at radius 3 is 2.14 bits per heavy atom. The van der Waals surface area contributed by atoms with Crippen LogP contribution in [0.5, 0.6) is 0 Å². The Morgan fingerprint density at radius 2 is 1.47 bits per heavy atom. The van der Waals surface area contributed by atoms with E-state index >= 15 is 8.78 Å². The van der Waals surface area contributed by atoms with E-state index < -0.39 is 11.6 Å². The number of benzene rings is 2. The molecule has 0 heterocycles. The minimum absolute atomic E-state index is 0.162. The van der Waals surface area contributed by atoms with Crippen LogP contribution in [0.2, 0.25) is 0 Å². The van der Waals surface area contributed by atoms with Crippen LogP contribution in [0.4, 0.5) is 8.78 Å². The monoisotopic (exact) mass is 494 g/mol.